The van der Waals surface area contributed by atoms with Crippen molar-refractivity contribution in [3.63, 3.8) is 0 Å². The van der Waals surface area contributed by atoms with Crippen molar-refractivity contribution in [3.8, 4) is 11.1 Å². The Morgan fingerprint density at radius 3 is 2.45 bits per heavy atom. The molecule has 4 N–H and O–H groups in total. The van der Waals surface area contributed by atoms with Crippen molar-refractivity contribution in [1.29, 1.82) is 0 Å². The number of nitrogens with two attached hydrogens (primary N) is 1. The molecule has 0 aromatic carbocycles. The number of carbonyl (C=O) groups is 2. The molecule has 1 amide bonds. The number of rotatable bonds is 5. The van der Waals surface area contributed by atoms with Crippen molar-refractivity contribution >= 4 is 23.2 Å². The lowest BCUT2D eigenvalue weighted by molar-refractivity contribution is 0.0562. The first kappa shape index (κ1) is 24.2. The Hall–Kier alpha value is -4.12. The van der Waals surface area contributed by atoms with Crippen LogP contribution in [0.1, 0.15) is 84.6 Å². The zero-order valence-electron chi connectivity index (χ0n) is 21.5. The minimum Gasteiger partial charge on any atom is -0.384 e. The maximum Gasteiger partial charge on any atom is 0.274 e. The van der Waals surface area contributed by atoms with Gasteiger partial charge in [-0.2, -0.15) is 14.7 Å². The van der Waals surface area contributed by atoms with E-state index in [2.05, 4.69) is 20.3 Å². The van der Waals surface area contributed by atoms with Gasteiger partial charge < -0.3 is 15.7 Å². The summed E-state index contributed by atoms with van der Waals surface area (Å²) in [6.07, 6.45) is 8.20. The quantitative estimate of drug-likeness (QED) is 0.343. The second-order valence-corrected chi connectivity index (χ2v) is 10.8. The molecule has 6 heterocycles. The van der Waals surface area contributed by atoms with Crippen LogP contribution in [0.15, 0.2) is 36.8 Å². The maximum absolute atomic E-state index is 13.1. The van der Waals surface area contributed by atoms with Crippen molar-refractivity contribution in [2.75, 3.05) is 5.73 Å². The monoisotopic (exact) mass is 514 g/mol. The molecule has 196 valence electrons. The summed E-state index contributed by atoms with van der Waals surface area (Å²) in [5, 5.41) is 21.5. The van der Waals surface area contributed by atoms with E-state index in [-0.39, 0.29) is 35.5 Å². The number of hydrogen-bond acceptors (Lipinski definition) is 8. The lowest BCUT2D eigenvalue weighted by atomic mass is 9.85. The molecule has 6 rings (SSSR count). The van der Waals surface area contributed by atoms with Crippen molar-refractivity contribution in [2.24, 2.45) is 0 Å². The minimum atomic E-state index is -1.06. The highest BCUT2D eigenvalue weighted by atomic mass is 16.3. The molecule has 4 aromatic rings. The summed E-state index contributed by atoms with van der Waals surface area (Å²) in [5.41, 5.74) is 9.56. The summed E-state index contributed by atoms with van der Waals surface area (Å²) in [5.74, 6) is 0.00193. The number of nitrogens with zero attached hydrogens (tertiary/aromatic N) is 6. The number of H-pyrrole nitrogens is 1. The highest BCUT2D eigenvalue weighted by molar-refractivity contribution is 6.00. The van der Waals surface area contributed by atoms with Gasteiger partial charge in [-0.1, -0.05) is 6.07 Å². The van der Waals surface area contributed by atoms with E-state index >= 15 is 0 Å². The fraction of sp³-hybridized carbons (Fsp3) is 0.407. The predicted octanol–water partition coefficient (Wildman–Crippen LogP) is 3.08. The van der Waals surface area contributed by atoms with Gasteiger partial charge in [-0.25, -0.2) is 4.98 Å². The zero-order chi connectivity index (χ0) is 26.8. The molecule has 38 heavy (non-hydrogen) atoms. The molecule has 2 bridgehead atoms. The van der Waals surface area contributed by atoms with Crippen LogP contribution < -0.4 is 5.73 Å². The van der Waals surface area contributed by atoms with Crippen LogP contribution in [-0.4, -0.2) is 63.6 Å². The number of fused-ring (bicyclic) bond motifs is 3. The standard InChI is InChI=1S/C27H30N8O3/c1-14(36)22-23(16-10-17-5-6-18(11-16)34(17)26(37)20-8-9-30-33-20)32-25-19(13-31-35(25)24(22)28)15-4-7-21(29-12-15)27(2,3)38/h4,7-9,12-13,16-18,38H,5-6,10-11,28H2,1-3H3,(H,30,33)/t16-,17+,18-. The molecule has 0 radical (unpaired) electrons. The van der Waals surface area contributed by atoms with Crippen LogP contribution in [0.3, 0.4) is 0 Å². The smallest absolute Gasteiger partial charge is 0.274 e. The van der Waals surface area contributed by atoms with E-state index in [1.54, 1.807) is 44.6 Å². The number of hydrogen-bond donors (Lipinski definition) is 3. The summed E-state index contributed by atoms with van der Waals surface area (Å²) in [4.78, 5) is 37.3. The largest absolute Gasteiger partial charge is 0.384 e. The first-order valence-electron chi connectivity index (χ1n) is 12.8. The highest BCUT2D eigenvalue weighted by Gasteiger charge is 2.45. The fourth-order valence-electron chi connectivity index (χ4n) is 6.05. The number of amides is 1. The van der Waals surface area contributed by atoms with Crippen LogP contribution >= 0.6 is 0 Å². The second kappa shape index (κ2) is 8.73. The van der Waals surface area contributed by atoms with Gasteiger partial charge in [-0.05, 0) is 58.6 Å². The molecule has 11 nitrogen and oxygen atoms in total. The number of aromatic amines is 1. The molecule has 2 fully saturated rings. The minimum absolute atomic E-state index is 0.0274. The fourth-order valence-corrected chi connectivity index (χ4v) is 6.05. The molecule has 2 aliphatic heterocycles. The number of ketones is 1. The SMILES string of the molecule is CC(=O)c1c([C@H]2C[C@H]3CC[C@@H](C2)N3C(=O)c2cc[nH]n2)nc2c(-c3ccc(C(C)(C)O)nc3)cnn2c1N. The third-order valence-electron chi connectivity index (χ3n) is 7.84. The van der Waals surface area contributed by atoms with Crippen LogP contribution in [0.4, 0.5) is 5.82 Å². The third-order valence-corrected chi connectivity index (χ3v) is 7.84. The maximum atomic E-state index is 13.1. The summed E-state index contributed by atoms with van der Waals surface area (Å²) in [7, 11) is 0. The molecule has 11 heteroatoms. The van der Waals surface area contributed by atoms with Gasteiger partial charge in [0, 0.05) is 41.5 Å². The van der Waals surface area contributed by atoms with Gasteiger partial charge >= 0.3 is 0 Å². The van der Waals surface area contributed by atoms with Gasteiger partial charge in [0.15, 0.2) is 11.4 Å². The van der Waals surface area contributed by atoms with E-state index in [4.69, 9.17) is 10.7 Å². The average Bonchev–Trinajstić information content (AvgIpc) is 3.61. The lowest BCUT2D eigenvalue weighted by Crippen LogP contribution is -2.46. The van der Waals surface area contributed by atoms with Crippen LogP contribution in [0.5, 0.6) is 0 Å². The van der Waals surface area contributed by atoms with E-state index in [0.29, 0.717) is 41.1 Å². The van der Waals surface area contributed by atoms with Crippen molar-refractivity contribution in [1.82, 2.24) is 34.7 Å². The molecule has 0 saturated carbocycles. The molecule has 4 aromatic heterocycles. The molecule has 0 aliphatic carbocycles. The molecule has 3 atom stereocenters. The number of anilines is 1. The Morgan fingerprint density at radius 2 is 1.87 bits per heavy atom. The number of aliphatic hydroxyl groups is 1. The zero-order valence-corrected chi connectivity index (χ0v) is 21.5. The van der Waals surface area contributed by atoms with Crippen molar-refractivity contribution < 1.29 is 14.7 Å². The van der Waals surface area contributed by atoms with E-state index in [1.807, 2.05) is 11.0 Å². The Labute approximate surface area is 219 Å². The van der Waals surface area contributed by atoms with Crippen LogP contribution in [0.25, 0.3) is 16.8 Å². The molecular formula is C27H30N8O3. The van der Waals surface area contributed by atoms with E-state index in [0.717, 1.165) is 24.0 Å². The summed E-state index contributed by atoms with van der Waals surface area (Å²) < 4.78 is 1.50. The predicted molar refractivity (Wildman–Crippen MR) is 139 cm³/mol. The van der Waals surface area contributed by atoms with Crippen LogP contribution in [0.2, 0.25) is 0 Å². The van der Waals surface area contributed by atoms with E-state index in [1.165, 1.54) is 11.4 Å². The first-order chi connectivity index (χ1) is 18.1. The number of pyridine rings is 1. The normalized spacial score (nSPS) is 21.3. The highest BCUT2D eigenvalue weighted by Crippen LogP contribution is 2.45. The van der Waals surface area contributed by atoms with Gasteiger partial charge in [0.2, 0.25) is 0 Å². The van der Waals surface area contributed by atoms with Gasteiger partial charge in [-0.3, -0.25) is 19.7 Å². The average molecular weight is 515 g/mol. The van der Waals surface area contributed by atoms with Gasteiger partial charge in [0.05, 0.1) is 23.1 Å². The van der Waals surface area contributed by atoms with Gasteiger partial charge in [0.1, 0.15) is 17.1 Å². The Bertz CT molecular complexity index is 1520. The summed E-state index contributed by atoms with van der Waals surface area (Å²) in [6, 6.07) is 5.43. The van der Waals surface area contributed by atoms with Gasteiger partial charge in [-0.15, -0.1) is 0 Å². The molecule has 2 saturated heterocycles. The van der Waals surface area contributed by atoms with Crippen LogP contribution in [-0.2, 0) is 5.60 Å². The van der Waals surface area contributed by atoms with Crippen LogP contribution in [0, 0.1) is 0 Å². The lowest BCUT2D eigenvalue weighted by Gasteiger charge is -2.39. The molecule has 2 aliphatic rings. The molecule has 0 unspecified atom stereocenters. The van der Waals surface area contributed by atoms with Crippen molar-refractivity contribution in [2.45, 2.75) is 70.1 Å². The second-order valence-electron chi connectivity index (χ2n) is 10.8. The van der Waals surface area contributed by atoms with Crippen molar-refractivity contribution in [3.05, 3.63) is 59.4 Å². The topological polar surface area (TPSA) is 155 Å². The number of nitrogens with one attached hydrogen (secondary N) is 1. The Kier molecular flexibility index (Phi) is 5.56. The first-order valence-corrected chi connectivity index (χ1v) is 12.8. The number of carbonyl (C=O) groups excluding carboxylic acids is 2. The third kappa shape index (κ3) is 3.85. The summed E-state index contributed by atoms with van der Waals surface area (Å²) >= 11 is 0. The van der Waals surface area contributed by atoms with Gasteiger partial charge in [0.25, 0.3) is 5.91 Å². The molecule has 0 spiro atoms. The number of nitrogen functional groups attached to an aromatic ring is 1. The van der Waals surface area contributed by atoms with E-state index in [9.17, 15) is 14.7 Å². The number of aromatic nitrogens is 6. The van der Waals surface area contributed by atoms with E-state index < -0.39 is 5.60 Å². The molecular weight excluding hydrogens is 484 g/mol. The number of Topliss-reactive ketones (excluding diaryl/α,β-unsaturated/α-hetero) is 1. The Morgan fingerprint density at radius 1 is 1.13 bits per heavy atom. The number of piperidine rings is 1. The summed E-state index contributed by atoms with van der Waals surface area (Å²) in [6.45, 7) is 4.86. The Balaban J connectivity index is 1.39.